The molecule has 0 aliphatic carbocycles. The van der Waals surface area contributed by atoms with Gasteiger partial charge in [-0.15, -0.1) is 0 Å². The van der Waals surface area contributed by atoms with Gasteiger partial charge in [-0.25, -0.2) is 10.9 Å². The molecule has 2 amide bonds. The van der Waals surface area contributed by atoms with Crippen LogP contribution in [0.2, 0.25) is 20.1 Å². The third kappa shape index (κ3) is 9.05. The first kappa shape index (κ1) is 27.3. The molecule has 3 rings (SSSR count). The minimum atomic E-state index is -0.459. The van der Waals surface area contributed by atoms with Crippen molar-refractivity contribution in [3.63, 3.8) is 0 Å². The summed E-state index contributed by atoms with van der Waals surface area (Å²) < 4.78 is 10.7. The Morgan fingerprint density at radius 3 is 1.42 bits per heavy atom. The molecule has 0 radical (unpaired) electrons. The van der Waals surface area contributed by atoms with E-state index in [1.54, 1.807) is 48.5 Å². The summed E-state index contributed by atoms with van der Waals surface area (Å²) in [6.45, 7) is -0.533. The maximum atomic E-state index is 11.9. The zero-order valence-electron chi connectivity index (χ0n) is 18.4. The topological polar surface area (TPSA) is 101 Å². The van der Waals surface area contributed by atoms with Gasteiger partial charge >= 0.3 is 0 Å². The van der Waals surface area contributed by atoms with Gasteiger partial charge < -0.3 is 9.47 Å². The van der Waals surface area contributed by atoms with Crippen LogP contribution < -0.4 is 20.3 Å². The van der Waals surface area contributed by atoms with Crippen molar-refractivity contribution in [2.45, 2.75) is 0 Å². The van der Waals surface area contributed by atoms with Crippen LogP contribution in [0, 0.1) is 0 Å². The SMILES string of the molecule is O=C(COc1ccc(Cl)cc1Cl)NN=Cc1ccc(C=NNC(=O)COc2ccc(Cl)cc2Cl)cc1. The van der Waals surface area contributed by atoms with Crippen LogP contribution in [-0.4, -0.2) is 37.5 Å². The van der Waals surface area contributed by atoms with Gasteiger partial charge in [0.2, 0.25) is 0 Å². The van der Waals surface area contributed by atoms with Crippen LogP contribution in [-0.2, 0) is 9.59 Å². The molecule has 0 unspecified atom stereocenters. The molecule has 2 N–H and O–H groups in total. The van der Waals surface area contributed by atoms with E-state index in [9.17, 15) is 9.59 Å². The molecule has 0 fully saturated rings. The minimum absolute atomic E-state index is 0.266. The van der Waals surface area contributed by atoms with E-state index in [1.807, 2.05) is 0 Å². The van der Waals surface area contributed by atoms with E-state index < -0.39 is 11.8 Å². The molecule has 3 aromatic rings. The van der Waals surface area contributed by atoms with Gasteiger partial charge in [0.1, 0.15) is 11.5 Å². The molecule has 0 aromatic heterocycles. The molecule has 0 spiro atoms. The molecular weight excluding hydrogens is 550 g/mol. The number of hydrazone groups is 2. The predicted octanol–water partition coefficient (Wildman–Crippen LogP) is 5.36. The van der Waals surface area contributed by atoms with Crippen LogP contribution >= 0.6 is 46.4 Å². The standard InChI is InChI=1S/C24H18Cl4N4O4/c25-17-5-7-21(19(27)9-17)35-13-23(33)31-29-11-15-1-2-16(4-3-15)12-30-32-24(34)14-36-22-8-6-18(26)10-20(22)28/h1-12H,13-14H2,(H,31,33)(H,32,34). The average molecular weight is 568 g/mol. The van der Waals surface area contributed by atoms with Gasteiger partial charge in [-0.05, 0) is 47.5 Å². The van der Waals surface area contributed by atoms with Crippen molar-refractivity contribution >= 4 is 70.6 Å². The molecule has 186 valence electrons. The molecule has 0 atom stereocenters. The summed E-state index contributed by atoms with van der Waals surface area (Å²) in [5, 5.41) is 9.30. The lowest BCUT2D eigenvalue weighted by Crippen LogP contribution is -2.24. The van der Waals surface area contributed by atoms with Crippen LogP contribution in [0.15, 0.2) is 70.9 Å². The molecule has 0 heterocycles. The number of amides is 2. The molecule has 3 aromatic carbocycles. The number of rotatable bonds is 10. The normalized spacial score (nSPS) is 11.0. The van der Waals surface area contributed by atoms with Crippen LogP contribution in [0.25, 0.3) is 0 Å². The molecule has 0 bridgehead atoms. The zero-order chi connectivity index (χ0) is 25.9. The van der Waals surface area contributed by atoms with Crippen molar-refractivity contribution < 1.29 is 19.1 Å². The Labute approximate surface area is 226 Å². The second-order valence-electron chi connectivity index (χ2n) is 6.98. The van der Waals surface area contributed by atoms with Crippen molar-refractivity contribution in [3.05, 3.63) is 91.9 Å². The second-order valence-corrected chi connectivity index (χ2v) is 8.67. The summed E-state index contributed by atoms with van der Waals surface area (Å²) in [5.41, 5.74) is 6.18. The molecular formula is C24H18Cl4N4O4. The largest absolute Gasteiger partial charge is 0.482 e. The van der Waals surface area contributed by atoms with Gasteiger partial charge in [0.15, 0.2) is 13.2 Å². The van der Waals surface area contributed by atoms with Gasteiger partial charge in [0, 0.05) is 10.0 Å². The first-order valence-corrected chi connectivity index (χ1v) is 11.7. The number of nitrogens with one attached hydrogen (secondary N) is 2. The van der Waals surface area contributed by atoms with E-state index in [0.717, 1.165) is 11.1 Å². The Hall–Kier alpha value is -3.30. The first-order chi connectivity index (χ1) is 17.3. The van der Waals surface area contributed by atoms with Crippen LogP contribution in [0.5, 0.6) is 11.5 Å². The molecule has 8 nitrogen and oxygen atoms in total. The lowest BCUT2D eigenvalue weighted by molar-refractivity contribution is -0.123. The fraction of sp³-hybridized carbons (Fsp3) is 0.0833. The molecule has 0 saturated heterocycles. The second kappa shape index (κ2) is 13.7. The fourth-order valence-electron chi connectivity index (χ4n) is 2.56. The van der Waals surface area contributed by atoms with E-state index in [4.69, 9.17) is 55.9 Å². The van der Waals surface area contributed by atoms with Gasteiger partial charge in [-0.1, -0.05) is 70.7 Å². The van der Waals surface area contributed by atoms with Gasteiger partial charge in [-0.3, -0.25) is 9.59 Å². The number of hydrogen-bond acceptors (Lipinski definition) is 6. The van der Waals surface area contributed by atoms with Crippen LogP contribution in [0.4, 0.5) is 0 Å². The van der Waals surface area contributed by atoms with E-state index >= 15 is 0 Å². The van der Waals surface area contributed by atoms with Crippen molar-refractivity contribution in [2.75, 3.05) is 13.2 Å². The molecule has 12 heteroatoms. The highest BCUT2D eigenvalue weighted by atomic mass is 35.5. The summed E-state index contributed by atoms with van der Waals surface area (Å²) in [4.78, 5) is 23.8. The Morgan fingerprint density at radius 1 is 0.667 bits per heavy atom. The fourth-order valence-corrected chi connectivity index (χ4v) is 3.49. The average Bonchev–Trinajstić information content (AvgIpc) is 2.84. The smallest absolute Gasteiger partial charge is 0.277 e. The summed E-state index contributed by atoms with van der Waals surface area (Å²) >= 11 is 23.6. The third-order valence-corrected chi connectivity index (χ3v) is 5.31. The summed E-state index contributed by atoms with van der Waals surface area (Å²) in [6, 6.07) is 16.4. The minimum Gasteiger partial charge on any atom is -0.482 e. The monoisotopic (exact) mass is 566 g/mol. The Morgan fingerprint density at radius 2 is 1.06 bits per heavy atom. The lowest BCUT2D eigenvalue weighted by Gasteiger charge is -2.07. The van der Waals surface area contributed by atoms with Crippen molar-refractivity contribution in [3.8, 4) is 11.5 Å². The number of hydrogen-bond donors (Lipinski definition) is 2. The van der Waals surface area contributed by atoms with Gasteiger partial charge in [0.05, 0.1) is 22.5 Å². The lowest BCUT2D eigenvalue weighted by atomic mass is 10.2. The van der Waals surface area contributed by atoms with Gasteiger partial charge in [0.25, 0.3) is 11.8 Å². The van der Waals surface area contributed by atoms with Gasteiger partial charge in [-0.2, -0.15) is 10.2 Å². The van der Waals surface area contributed by atoms with E-state index in [0.29, 0.717) is 31.6 Å². The Kier molecular flexibility index (Phi) is 10.4. The number of carbonyl (C=O) groups is 2. The molecule has 0 saturated carbocycles. The van der Waals surface area contributed by atoms with Crippen LogP contribution in [0.1, 0.15) is 11.1 Å². The van der Waals surface area contributed by atoms with E-state index in [-0.39, 0.29) is 13.2 Å². The number of benzene rings is 3. The zero-order valence-corrected chi connectivity index (χ0v) is 21.4. The highest BCUT2D eigenvalue weighted by Crippen LogP contribution is 2.28. The van der Waals surface area contributed by atoms with E-state index in [2.05, 4.69) is 21.1 Å². The summed E-state index contributed by atoms with van der Waals surface area (Å²) in [6.07, 6.45) is 2.93. The third-order valence-electron chi connectivity index (χ3n) is 4.25. The van der Waals surface area contributed by atoms with Crippen LogP contribution in [0.3, 0.4) is 0 Å². The highest BCUT2D eigenvalue weighted by Gasteiger charge is 2.07. The quantitative estimate of drug-likeness (QED) is 0.254. The summed E-state index contributed by atoms with van der Waals surface area (Å²) in [5.74, 6) is -0.239. The number of halogens is 4. The molecule has 0 aliphatic heterocycles. The number of nitrogens with zero attached hydrogens (tertiary/aromatic N) is 2. The Bertz CT molecular complexity index is 1190. The maximum absolute atomic E-state index is 11.9. The molecule has 36 heavy (non-hydrogen) atoms. The van der Waals surface area contributed by atoms with Crippen molar-refractivity contribution in [1.82, 2.24) is 10.9 Å². The predicted molar refractivity (Wildman–Crippen MR) is 142 cm³/mol. The van der Waals surface area contributed by atoms with E-state index in [1.165, 1.54) is 24.6 Å². The number of ether oxygens (including phenoxy) is 2. The van der Waals surface area contributed by atoms with Crippen molar-refractivity contribution in [2.24, 2.45) is 10.2 Å². The maximum Gasteiger partial charge on any atom is 0.277 e. The molecule has 0 aliphatic rings. The highest BCUT2D eigenvalue weighted by molar-refractivity contribution is 6.36. The summed E-state index contributed by atoms with van der Waals surface area (Å²) in [7, 11) is 0. The number of carbonyl (C=O) groups excluding carboxylic acids is 2. The first-order valence-electron chi connectivity index (χ1n) is 10.2. The van der Waals surface area contributed by atoms with Crippen molar-refractivity contribution in [1.29, 1.82) is 0 Å². The Balaban J connectivity index is 1.39.